The van der Waals surface area contributed by atoms with Crippen molar-refractivity contribution in [1.82, 2.24) is 10.2 Å². The number of alkyl halides is 2. The molecule has 162 valence electrons. The van der Waals surface area contributed by atoms with Crippen molar-refractivity contribution in [3.63, 3.8) is 0 Å². The highest BCUT2D eigenvalue weighted by atomic mass is 32.2. The van der Waals surface area contributed by atoms with Gasteiger partial charge in [0.25, 0.3) is 11.7 Å². The van der Waals surface area contributed by atoms with E-state index >= 15 is 0 Å². The number of fused-ring (bicyclic) bond motifs is 1. The number of nitrogens with one attached hydrogen (secondary N) is 2. The first kappa shape index (κ1) is 20.9. The number of amides is 4. The Kier molecular flexibility index (Phi) is 5.44. The van der Waals surface area contributed by atoms with E-state index in [4.69, 9.17) is 9.47 Å². The highest BCUT2D eigenvalue weighted by Crippen LogP contribution is 2.38. The van der Waals surface area contributed by atoms with Gasteiger partial charge >= 0.3 is 6.03 Å². The number of hydrogen-bond acceptors (Lipinski definition) is 6. The number of carbonyl (C=O) groups excluding carboxylic acids is 3. The van der Waals surface area contributed by atoms with Gasteiger partial charge in [-0.25, -0.2) is 4.79 Å². The van der Waals surface area contributed by atoms with E-state index in [9.17, 15) is 23.2 Å². The minimum absolute atomic E-state index is 0.0629. The fraction of sp³-hybridized carbons (Fsp3) is 0.250. The van der Waals surface area contributed by atoms with Crippen molar-refractivity contribution in [2.75, 3.05) is 18.7 Å². The normalized spacial score (nSPS) is 19.7. The summed E-state index contributed by atoms with van der Waals surface area (Å²) in [6.07, 6.45) is 0. The van der Waals surface area contributed by atoms with Gasteiger partial charge in [0.2, 0.25) is 12.7 Å². The van der Waals surface area contributed by atoms with E-state index in [1.807, 2.05) is 0 Å². The lowest BCUT2D eigenvalue weighted by molar-refractivity contribution is -0.133. The second-order valence-corrected chi connectivity index (χ2v) is 7.97. The van der Waals surface area contributed by atoms with Gasteiger partial charge in [0.15, 0.2) is 11.5 Å². The lowest BCUT2D eigenvalue weighted by Gasteiger charge is -2.22. The molecule has 2 aliphatic rings. The van der Waals surface area contributed by atoms with Crippen molar-refractivity contribution in [2.45, 2.75) is 23.1 Å². The topological polar surface area (TPSA) is 97.0 Å². The highest BCUT2D eigenvalue weighted by molar-refractivity contribution is 7.99. The summed E-state index contributed by atoms with van der Waals surface area (Å²) in [5.74, 6) is -3.00. The lowest BCUT2D eigenvalue weighted by Crippen LogP contribution is -2.42. The largest absolute Gasteiger partial charge is 0.454 e. The van der Waals surface area contributed by atoms with Crippen molar-refractivity contribution in [2.24, 2.45) is 0 Å². The van der Waals surface area contributed by atoms with Crippen LogP contribution in [-0.2, 0) is 15.1 Å². The Bertz CT molecular complexity index is 1070. The molecule has 4 amide bonds. The smallest absolute Gasteiger partial charge is 0.325 e. The quantitative estimate of drug-likeness (QED) is 0.520. The maximum absolute atomic E-state index is 13.0. The highest BCUT2D eigenvalue weighted by Gasteiger charge is 2.49. The van der Waals surface area contributed by atoms with Crippen LogP contribution < -0.4 is 20.1 Å². The summed E-state index contributed by atoms with van der Waals surface area (Å²) in [5.41, 5.74) is -0.762. The molecule has 0 bridgehead atoms. The number of imide groups is 1. The van der Waals surface area contributed by atoms with Gasteiger partial charge in [-0.3, -0.25) is 14.5 Å². The van der Waals surface area contributed by atoms with Crippen LogP contribution in [0, 0.1) is 0 Å². The maximum Gasteiger partial charge on any atom is 0.325 e. The van der Waals surface area contributed by atoms with E-state index < -0.39 is 35.7 Å². The number of carbonyl (C=O) groups is 3. The fourth-order valence-electron chi connectivity index (χ4n) is 3.35. The van der Waals surface area contributed by atoms with Crippen LogP contribution >= 0.6 is 11.8 Å². The Morgan fingerprint density at radius 1 is 1.23 bits per heavy atom. The number of ether oxygens (including phenoxy) is 2. The summed E-state index contributed by atoms with van der Waals surface area (Å²) in [6, 6.07) is 10.2. The summed E-state index contributed by atoms with van der Waals surface area (Å²) in [5, 5.41) is 5.08. The van der Waals surface area contributed by atoms with Crippen LogP contribution in [0.3, 0.4) is 0 Å². The zero-order valence-electron chi connectivity index (χ0n) is 16.2. The van der Waals surface area contributed by atoms with Crippen LogP contribution in [0.2, 0.25) is 0 Å². The summed E-state index contributed by atoms with van der Waals surface area (Å²) in [6.45, 7) is 1.02. The standard InChI is InChI=1S/C20H17F2N3O5S/c1-20(11-6-7-13-14(8-11)30-10-29-13)17(27)25(19(28)24-20)9-16(26)23-12-4-2-3-5-15(12)31-18(21)22/h2-8,18H,9-10H2,1H3,(H,23,26)(H,24,28)/t20-/m1/s1. The minimum Gasteiger partial charge on any atom is -0.454 e. The summed E-state index contributed by atoms with van der Waals surface area (Å²) in [7, 11) is 0. The second-order valence-electron chi connectivity index (χ2n) is 6.94. The summed E-state index contributed by atoms with van der Waals surface area (Å²) < 4.78 is 36.0. The minimum atomic E-state index is -2.66. The average Bonchev–Trinajstić information content (AvgIpc) is 3.27. The number of nitrogens with zero attached hydrogens (tertiary/aromatic N) is 1. The second kappa shape index (κ2) is 8.06. The van der Waals surface area contributed by atoms with Gasteiger partial charge in [0.1, 0.15) is 12.1 Å². The third-order valence-corrected chi connectivity index (χ3v) is 5.69. The van der Waals surface area contributed by atoms with Gasteiger partial charge in [-0.15, -0.1) is 0 Å². The Morgan fingerprint density at radius 3 is 2.74 bits per heavy atom. The molecule has 1 fully saturated rings. The van der Waals surface area contributed by atoms with E-state index in [0.29, 0.717) is 17.1 Å². The van der Waals surface area contributed by atoms with Gasteiger partial charge in [-0.05, 0) is 36.8 Å². The third kappa shape index (κ3) is 4.00. The van der Waals surface area contributed by atoms with Crippen LogP contribution in [0.15, 0.2) is 47.4 Å². The number of urea groups is 1. The number of anilines is 1. The molecular formula is C20H17F2N3O5S. The van der Waals surface area contributed by atoms with Gasteiger partial charge in [-0.2, -0.15) is 8.78 Å². The predicted octanol–water partition coefficient (Wildman–Crippen LogP) is 3.14. The molecule has 11 heteroatoms. The molecule has 0 radical (unpaired) electrons. The zero-order chi connectivity index (χ0) is 22.2. The van der Waals surface area contributed by atoms with E-state index in [-0.39, 0.29) is 29.1 Å². The SMILES string of the molecule is C[C@]1(c2ccc3c(c2)OCO3)NC(=O)N(CC(=O)Nc2ccccc2SC(F)F)C1=O. The molecule has 2 heterocycles. The van der Waals surface area contributed by atoms with Crippen LogP contribution in [0.4, 0.5) is 19.3 Å². The van der Waals surface area contributed by atoms with Crippen LogP contribution in [0.5, 0.6) is 11.5 Å². The predicted molar refractivity (Wildman–Crippen MR) is 107 cm³/mol. The molecule has 8 nitrogen and oxygen atoms in total. The first-order valence-corrected chi connectivity index (χ1v) is 10.0. The number of hydrogen-bond donors (Lipinski definition) is 2. The Balaban J connectivity index is 1.49. The zero-order valence-corrected chi connectivity index (χ0v) is 17.0. The molecule has 2 aliphatic heterocycles. The molecular weight excluding hydrogens is 432 g/mol. The Morgan fingerprint density at radius 2 is 1.97 bits per heavy atom. The Labute approximate surface area is 179 Å². The number of para-hydroxylation sites is 1. The first-order chi connectivity index (χ1) is 14.8. The van der Waals surface area contributed by atoms with Crippen molar-refractivity contribution in [3.05, 3.63) is 48.0 Å². The van der Waals surface area contributed by atoms with Crippen molar-refractivity contribution in [3.8, 4) is 11.5 Å². The Hall–Kier alpha value is -3.34. The van der Waals surface area contributed by atoms with E-state index in [2.05, 4.69) is 10.6 Å². The molecule has 0 spiro atoms. The number of rotatable bonds is 6. The van der Waals surface area contributed by atoms with E-state index in [1.54, 1.807) is 30.3 Å². The molecule has 1 atom stereocenters. The first-order valence-electron chi connectivity index (χ1n) is 9.16. The van der Waals surface area contributed by atoms with E-state index in [0.717, 1.165) is 4.90 Å². The van der Waals surface area contributed by atoms with Crippen LogP contribution in [0.1, 0.15) is 12.5 Å². The molecule has 4 rings (SSSR count). The van der Waals surface area contributed by atoms with Gasteiger partial charge in [0, 0.05) is 4.90 Å². The number of thioether (sulfide) groups is 1. The number of halogens is 2. The molecule has 31 heavy (non-hydrogen) atoms. The van der Waals surface area contributed by atoms with E-state index in [1.165, 1.54) is 19.1 Å². The summed E-state index contributed by atoms with van der Waals surface area (Å²) in [4.78, 5) is 38.9. The summed E-state index contributed by atoms with van der Waals surface area (Å²) >= 11 is 0.288. The molecule has 0 unspecified atom stereocenters. The molecule has 0 aromatic heterocycles. The number of benzene rings is 2. The van der Waals surface area contributed by atoms with Gasteiger partial charge < -0.3 is 20.1 Å². The van der Waals surface area contributed by atoms with Gasteiger partial charge in [-0.1, -0.05) is 30.0 Å². The lowest BCUT2D eigenvalue weighted by atomic mass is 9.91. The van der Waals surface area contributed by atoms with Crippen LogP contribution in [0.25, 0.3) is 0 Å². The average molecular weight is 449 g/mol. The van der Waals surface area contributed by atoms with Crippen molar-refractivity contribution in [1.29, 1.82) is 0 Å². The molecule has 2 aromatic carbocycles. The molecule has 2 aromatic rings. The fourth-order valence-corrected chi connectivity index (χ4v) is 3.94. The molecule has 2 N–H and O–H groups in total. The third-order valence-electron chi connectivity index (χ3n) is 4.90. The van der Waals surface area contributed by atoms with Gasteiger partial charge in [0.05, 0.1) is 5.69 Å². The van der Waals surface area contributed by atoms with Crippen molar-refractivity contribution >= 4 is 35.3 Å². The molecule has 1 saturated heterocycles. The molecule has 0 saturated carbocycles. The van der Waals surface area contributed by atoms with Crippen LogP contribution in [-0.4, -0.2) is 41.8 Å². The monoisotopic (exact) mass is 449 g/mol. The molecule has 0 aliphatic carbocycles. The maximum atomic E-state index is 13.0. The van der Waals surface area contributed by atoms with Crippen molar-refractivity contribution < 1.29 is 32.6 Å².